The molecule has 0 heterocycles. The Kier molecular flexibility index (Phi) is 8.61. The maximum atomic E-state index is 6.23. The van der Waals surface area contributed by atoms with Crippen LogP contribution in [0.15, 0.2) is 72.8 Å². The molecule has 1 atom stereocenters. The van der Waals surface area contributed by atoms with Crippen LogP contribution in [-0.4, -0.2) is 12.6 Å². The molecule has 30 heavy (non-hydrogen) atoms. The third-order valence-electron chi connectivity index (χ3n) is 5.01. The van der Waals surface area contributed by atoms with Gasteiger partial charge in [-0.3, -0.25) is 0 Å². The highest BCUT2D eigenvalue weighted by Gasteiger charge is 2.09. The zero-order chi connectivity index (χ0) is 21.2. The van der Waals surface area contributed by atoms with Crippen LogP contribution in [0.2, 0.25) is 5.02 Å². The monoisotopic (exact) mass is 423 g/mol. The molecule has 3 rings (SSSR count). The molecular formula is C26H30ClNO2. The van der Waals surface area contributed by atoms with Gasteiger partial charge >= 0.3 is 0 Å². The molecule has 0 aliphatic rings. The van der Waals surface area contributed by atoms with Gasteiger partial charge in [-0.2, -0.15) is 0 Å². The molecule has 0 saturated heterocycles. The lowest BCUT2D eigenvalue weighted by Gasteiger charge is -2.16. The van der Waals surface area contributed by atoms with E-state index in [-0.39, 0.29) is 0 Å². The summed E-state index contributed by atoms with van der Waals surface area (Å²) in [6.45, 7) is 6.00. The molecule has 3 aromatic rings. The highest BCUT2D eigenvalue weighted by atomic mass is 35.5. The highest BCUT2D eigenvalue weighted by molar-refractivity contribution is 6.31. The van der Waals surface area contributed by atoms with E-state index in [4.69, 9.17) is 21.1 Å². The van der Waals surface area contributed by atoms with Crippen molar-refractivity contribution in [1.29, 1.82) is 0 Å². The summed E-state index contributed by atoms with van der Waals surface area (Å²) in [5, 5.41) is 4.32. The molecule has 0 aromatic heterocycles. The van der Waals surface area contributed by atoms with E-state index in [2.05, 4.69) is 54.7 Å². The van der Waals surface area contributed by atoms with Crippen molar-refractivity contribution in [3.63, 3.8) is 0 Å². The fraction of sp³-hybridized carbons (Fsp3) is 0.308. The summed E-state index contributed by atoms with van der Waals surface area (Å²) in [7, 11) is 0. The van der Waals surface area contributed by atoms with Gasteiger partial charge in [0.15, 0.2) is 11.5 Å². The number of hydrogen-bond acceptors (Lipinski definition) is 3. The molecule has 0 aliphatic heterocycles. The molecule has 0 fully saturated rings. The van der Waals surface area contributed by atoms with Crippen LogP contribution in [0.4, 0.5) is 0 Å². The first kappa shape index (κ1) is 22.2. The van der Waals surface area contributed by atoms with Gasteiger partial charge in [0.25, 0.3) is 0 Å². The third kappa shape index (κ3) is 6.79. The number of benzene rings is 3. The van der Waals surface area contributed by atoms with Crippen LogP contribution in [0.1, 0.15) is 37.0 Å². The number of rotatable bonds is 11. The van der Waals surface area contributed by atoms with Gasteiger partial charge in [0, 0.05) is 23.2 Å². The molecule has 3 nitrogen and oxygen atoms in total. The van der Waals surface area contributed by atoms with E-state index in [0.29, 0.717) is 24.3 Å². The predicted octanol–water partition coefficient (Wildman–Crippen LogP) is 6.43. The topological polar surface area (TPSA) is 30.5 Å². The number of hydrogen-bond donors (Lipinski definition) is 1. The van der Waals surface area contributed by atoms with Crippen LogP contribution < -0.4 is 14.8 Å². The summed E-state index contributed by atoms with van der Waals surface area (Å²) in [6, 6.07) is 24.9. The fourth-order valence-electron chi connectivity index (χ4n) is 3.24. The van der Waals surface area contributed by atoms with Crippen molar-refractivity contribution in [1.82, 2.24) is 5.32 Å². The Labute approximate surface area is 185 Å². The SMILES string of the molecule is CCOc1cc(CN[C@@H](C)CCc2ccccc2)ccc1OCc1ccccc1Cl. The van der Waals surface area contributed by atoms with Gasteiger partial charge in [-0.05, 0) is 56.0 Å². The van der Waals surface area contributed by atoms with Crippen molar-refractivity contribution in [2.24, 2.45) is 0 Å². The lowest BCUT2D eigenvalue weighted by atomic mass is 10.1. The largest absolute Gasteiger partial charge is 0.490 e. The van der Waals surface area contributed by atoms with Gasteiger partial charge in [-0.25, -0.2) is 0 Å². The second-order valence-electron chi connectivity index (χ2n) is 7.40. The zero-order valence-corrected chi connectivity index (χ0v) is 18.5. The average molecular weight is 424 g/mol. The lowest BCUT2D eigenvalue weighted by molar-refractivity contribution is 0.269. The van der Waals surface area contributed by atoms with E-state index in [1.54, 1.807) is 0 Å². The number of ether oxygens (including phenoxy) is 2. The summed E-state index contributed by atoms with van der Waals surface area (Å²) >= 11 is 6.23. The molecule has 3 aromatic carbocycles. The van der Waals surface area contributed by atoms with Crippen LogP contribution in [-0.2, 0) is 19.6 Å². The number of nitrogens with one attached hydrogen (secondary N) is 1. The molecule has 0 unspecified atom stereocenters. The Bertz CT molecular complexity index is 914. The maximum absolute atomic E-state index is 6.23. The molecule has 0 bridgehead atoms. The minimum Gasteiger partial charge on any atom is -0.490 e. The van der Waals surface area contributed by atoms with Gasteiger partial charge in [-0.1, -0.05) is 66.2 Å². The van der Waals surface area contributed by atoms with Crippen molar-refractivity contribution >= 4 is 11.6 Å². The van der Waals surface area contributed by atoms with Crippen molar-refractivity contribution in [2.75, 3.05) is 6.61 Å². The third-order valence-corrected chi connectivity index (χ3v) is 5.38. The standard InChI is InChI=1S/C26H30ClNO2/c1-3-29-26-17-22(18-28-20(2)13-14-21-9-5-4-6-10-21)15-16-25(26)30-19-23-11-7-8-12-24(23)27/h4-12,15-17,20,28H,3,13-14,18-19H2,1-2H3/t20-/m0/s1. The smallest absolute Gasteiger partial charge is 0.161 e. The molecule has 0 aliphatic carbocycles. The maximum Gasteiger partial charge on any atom is 0.161 e. The summed E-state index contributed by atoms with van der Waals surface area (Å²) in [6.07, 6.45) is 2.18. The van der Waals surface area contributed by atoms with E-state index in [9.17, 15) is 0 Å². The minimum absolute atomic E-state index is 0.411. The van der Waals surface area contributed by atoms with Crippen molar-refractivity contribution < 1.29 is 9.47 Å². The highest BCUT2D eigenvalue weighted by Crippen LogP contribution is 2.30. The number of halogens is 1. The van der Waals surface area contributed by atoms with Crippen molar-refractivity contribution in [3.8, 4) is 11.5 Å². The van der Waals surface area contributed by atoms with Gasteiger partial charge in [0.1, 0.15) is 6.61 Å². The Balaban J connectivity index is 1.55. The Hall–Kier alpha value is -2.49. The molecular weight excluding hydrogens is 394 g/mol. The van der Waals surface area contributed by atoms with Crippen LogP contribution in [0.25, 0.3) is 0 Å². The van der Waals surface area contributed by atoms with Crippen LogP contribution >= 0.6 is 11.6 Å². The molecule has 1 N–H and O–H groups in total. The summed E-state index contributed by atoms with van der Waals surface area (Å²) in [5.41, 5.74) is 3.51. The summed E-state index contributed by atoms with van der Waals surface area (Å²) in [5.74, 6) is 1.50. The second-order valence-corrected chi connectivity index (χ2v) is 7.81. The Morgan fingerprint density at radius 3 is 2.40 bits per heavy atom. The van der Waals surface area contributed by atoms with Gasteiger partial charge < -0.3 is 14.8 Å². The predicted molar refractivity (Wildman–Crippen MR) is 124 cm³/mol. The van der Waals surface area contributed by atoms with Crippen LogP contribution in [0.5, 0.6) is 11.5 Å². The first-order valence-electron chi connectivity index (χ1n) is 10.5. The molecule has 158 valence electrons. The first-order valence-corrected chi connectivity index (χ1v) is 10.9. The lowest BCUT2D eigenvalue weighted by Crippen LogP contribution is -2.26. The molecule has 0 amide bonds. The van der Waals surface area contributed by atoms with Gasteiger partial charge in [0.2, 0.25) is 0 Å². The average Bonchev–Trinajstić information content (AvgIpc) is 2.77. The van der Waals surface area contributed by atoms with Crippen LogP contribution in [0, 0.1) is 0 Å². The number of aryl methyl sites for hydroxylation is 1. The van der Waals surface area contributed by atoms with E-state index >= 15 is 0 Å². The zero-order valence-electron chi connectivity index (χ0n) is 17.7. The van der Waals surface area contributed by atoms with Gasteiger partial charge in [0.05, 0.1) is 6.61 Å². The molecule has 0 saturated carbocycles. The van der Waals surface area contributed by atoms with Crippen molar-refractivity contribution in [2.45, 2.75) is 45.9 Å². The minimum atomic E-state index is 0.411. The quantitative estimate of drug-likeness (QED) is 0.385. The van der Waals surface area contributed by atoms with Crippen LogP contribution in [0.3, 0.4) is 0 Å². The first-order chi connectivity index (χ1) is 14.7. The second kappa shape index (κ2) is 11.6. The molecule has 0 spiro atoms. The normalized spacial score (nSPS) is 11.8. The van der Waals surface area contributed by atoms with E-state index in [1.165, 1.54) is 11.1 Å². The fourth-order valence-corrected chi connectivity index (χ4v) is 3.43. The summed E-state index contributed by atoms with van der Waals surface area (Å²) in [4.78, 5) is 0. The Morgan fingerprint density at radius 2 is 1.63 bits per heavy atom. The Morgan fingerprint density at radius 1 is 0.867 bits per heavy atom. The molecule has 4 heteroatoms. The van der Waals surface area contributed by atoms with E-state index in [1.807, 2.05) is 37.3 Å². The van der Waals surface area contributed by atoms with E-state index in [0.717, 1.165) is 36.4 Å². The molecule has 0 radical (unpaired) electrons. The van der Waals surface area contributed by atoms with E-state index < -0.39 is 0 Å². The van der Waals surface area contributed by atoms with Gasteiger partial charge in [-0.15, -0.1) is 0 Å². The van der Waals surface area contributed by atoms with Crippen molar-refractivity contribution in [3.05, 3.63) is 94.5 Å². The summed E-state index contributed by atoms with van der Waals surface area (Å²) < 4.78 is 11.8.